The number of amides is 1. The van der Waals surface area contributed by atoms with Crippen molar-refractivity contribution in [1.82, 2.24) is 14.9 Å². The Kier molecular flexibility index (Phi) is 4.20. The molecule has 116 valence electrons. The van der Waals surface area contributed by atoms with E-state index in [2.05, 4.69) is 16.9 Å². The number of aromatic nitrogens is 2. The van der Waals surface area contributed by atoms with Crippen LogP contribution in [0.1, 0.15) is 44.7 Å². The second-order valence-corrected chi connectivity index (χ2v) is 6.87. The molecular formula is C16H18FN3OS. The highest BCUT2D eigenvalue weighted by Crippen LogP contribution is 2.31. The van der Waals surface area contributed by atoms with Crippen molar-refractivity contribution in [3.05, 3.63) is 45.4 Å². The van der Waals surface area contributed by atoms with Gasteiger partial charge in [-0.15, -0.1) is 11.3 Å². The van der Waals surface area contributed by atoms with Gasteiger partial charge in [0.2, 0.25) is 0 Å². The van der Waals surface area contributed by atoms with E-state index in [4.69, 9.17) is 0 Å². The van der Waals surface area contributed by atoms with E-state index in [-0.39, 0.29) is 17.4 Å². The SMILES string of the molecule is Cc1nc([C@H]2CCCN(C(=O)c3ccncc3F)C2)sc1C. The highest BCUT2D eigenvalue weighted by Gasteiger charge is 2.28. The molecule has 0 saturated carbocycles. The number of pyridine rings is 1. The van der Waals surface area contributed by atoms with Gasteiger partial charge in [-0.3, -0.25) is 9.78 Å². The monoisotopic (exact) mass is 319 g/mol. The van der Waals surface area contributed by atoms with Gasteiger partial charge in [0.05, 0.1) is 22.5 Å². The molecule has 0 aliphatic carbocycles. The number of carbonyl (C=O) groups excluding carboxylic acids is 1. The molecule has 0 radical (unpaired) electrons. The molecular weight excluding hydrogens is 301 g/mol. The van der Waals surface area contributed by atoms with Crippen LogP contribution in [0.3, 0.4) is 0 Å². The van der Waals surface area contributed by atoms with Crippen LogP contribution in [0.25, 0.3) is 0 Å². The van der Waals surface area contributed by atoms with Gasteiger partial charge in [-0.25, -0.2) is 9.37 Å². The van der Waals surface area contributed by atoms with Gasteiger partial charge in [-0.1, -0.05) is 0 Å². The average Bonchev–Trinajstić information content (AvgIpc) is 2.87. The molecule has 22 heavy (non-hydrogen) atoms. The van der Waals surface area contributed by atoms with Crippen LogP contribution in [0.5, 0.6) is 0 Å². The molecule has 1 amide bonds. The molecule has 1 atom stereocenters. The highest BCUT2D eigenvalue weighted by molar-refractivity contribution is 7.11. The molecule has 6 heteroatoms. The van der Waals surface area contributed by atoms with Crippen molar-refractivity contribution in [1.29, 1.82) is 0 Å². The van der Waals surface area contributed by atoms with Crippen molar-refractivity contribution >= 4 is 17.2 Å². The fraction of sp³-hybridized carbons (Fsp3) is 0.438. The van der Waals surface area contributed by atoms with Crippen molar-refractivity contribution in [3.8, 4) is 0 Å². The van der Waals surface area contributed by atoms with Crippen LogP contribution in [0.4, 0.5) is 4.39 Å². The number of carbonyl (C=O) groups is 1. The van der Waals surface area contributed by atoms with E-state index >= 15 is 0 Å². The highest BCUT2D eigenvalue weighted by atomic mass is 32.1. The maximum atomic E-state index is 13.8. The zero-order valence-corrected chi connectivity index (χ0v) is 13.5. The Hall–Kier alpha value is -1.82. The number of aryl methyl sites for hydroxylation is 2. The van der Waals surface area contributed by atoms with Crippen LogP contribution < -0.4 is 0 Å². The molecule has 2 aromatic heterocycles. The summed E-state index contributed by atoms with van der Waals surface area (Å²) in [6.07, 6.45) is 4.48. The summed E-state index contributed by atoms with van der Waals surface area (Å²) in [4.78, 5) is 23.8. The number of hydrogen-bond acceptors (Lipinski definition) is 4. The van der Waals surface area contributed by atoms with E-state index in [1.165, 1.54) is 17.1 Å². The minimum Gasteiger partial charge on any atom is -0.338 e. The van der Waals surface area contributed by atoms with E-state index in [1.807, 2.05) is 6.92 Å². The van der Waals surface area contributed by atoms with Crippen LogP contribution in [0, 0.1) is 19.7 Å². The Morgan fingerprint density at radius 2 is 2.27 bits per heavy atom. The number of nitrogens with zero attached hydrogens (tertiary/aromatic N) is 3. The molecule has 3 heterocycles. The van der Waals surface area contributed by atoms with E-state index in [0.717, 1.165) is 29.7 Å². The van der Waals surface area contributed by atoms with Crippen LogP contribution in [-0.2, 0) is 0 Å². The summed E-state index contributed by atoms with van der Waals surface area (Å²) < 4.78 is 13.8. The molecule has 0 aromatic carbocycles. The van der Waals surface area contributed by atoms with Crippen molar-refractivity contribution in [2.24, 2.45) is 0 Å². The number of piperidine rings is 1. The van der Waals surface area contributed by atoms with Crippen LogP contribution in [0.2, 0.25) is 0 Å². The first-order chi connectivity index (χ1) is 10.6. The molecule has 1 saturated heterocycles. The van der Waals surface area contributed by atoms with E-state index < -0.39 is 5.82 Å². The second kappa shape index (κ2) is 6.12. The van der Waals surface area contributed by atoms with E-state index in [9.17, 15) is 9.18 Å². The first-order valence-corrected chi connectivity index (χ1v) is 8.20. The second-order valence-electron chi connectivity index (χ2n) is 5.64. The summed E-state index contributed by atoms with van der Waals surface area (Å²) in [7, 11) is 0. The number of halogens is 1. The largest absolute Gasteiger partial charge is 0.338 e. The molecule has 0 bridgehead atoms. The number of thiazole rings is 1. The lowest BCUT2D eigenvalue weighted by Crippen LogP contribution is -2.39. The summed E-state index contributed by atoms with van der Waals surface area (Å²) in [5.41, 5.74) is 1.16. The fourth-order valence-electron chi connectivity index (χ4n) is 2.75. The first-order valence-electron chi connectivity index (χ1n) is 7.39. The molecule has 0 N–H and O–H groups in total. The van der Waals surface area contributed by atoms with Crippen molar-refractivity contribution in [2.45, 2.75) is 32.6 Å². The van der Waals surface area contributed by atoms with Crippen LogP contribution in [-0.4, -0.2) is 33.9 Å². The number of hydrogen-bond donors (Lipinski definition) is 0. The Labute approximate surface area is 133 Å². The molecule has 1 aliphatic rings. The van der Waals surface area contributed by atoms with Gasteiger partial charge >= 0.3 is 0 Å². The van der Waals surface area contributed by atoms with Gasteiger partial charge in [0.1, 0.15) is 0 Å². The molecule has 1 aliphatic heterocycles. The molecule has 0 spiro atoms. The van der Waals surface area contributed by atoms with Gasteiger partial charge in [-0.05, 0) is 32.8 Å². The zero-order valence-electron chi connectivity index (χ0n) is 12.7. The lowest BCUT2D eigenvalue weighted by molar-refractivity contribution is 0.0702. The number of rotatable bonds is 2. The Bertz CT molecular complexity index is 681. The maximum absolute atomic E-state index is 13.8. The van der Waals surface area contributed by atoms with Crippen molar-refractivity contribution in [3.63, 3.8) is 0 Å². The molecule has 1 fully saturated rings. The third-order valence-corrected chi connectivity index (χ3v) is 5.34. The topological polar surface area (TPSA) is 46.1 Å². The van der Waals surface area contributed by atoms with Crippen molar-refractivity contribution in [2.75, 3.05) is 13.1 Å². The quantitative estimate of drug-likeness (QED) is 0.853. The maximum Gasteiger partial charge on any atom is 0.256 e. The minimum atomic E-state index is -0.560. The molecule has 3 rings (SSSR count). The minimum absolute atomic E-state index is 0.0992. The summed E-state index contributed by atoms with van der Waals surface area (Å²) in [6.45, 7) is 5.34. The van der Waals surface area contributed by atoms with Crippen molar-refractivity contribution < 1.29 is 9.18 Å². The van der Waals surface area contributed by atoms with Gasteiger partial charge in [-0.2, -0.15) is 0 Å². The van der Waals surface area contributed by atoms with E-state index in [0.29, 0.717) is 13.1 Å². The smallest absolute Gasteiger partial charge is 0.256 e. The third kappa shape index (κ3) is 2.88. The average molecular weight is 319 g/mol. The lowest BCUT2D eigenvalue weighted by atomic mass is 9.98. The predicted octanol–water partition coefficient (Wildman–Crippen LogP) is 3.31. The Morgan fingerprint density at radius 1 is 1.45 bits per heavy atom. The molecule has 4 nitrogen and oxygen atoms in total. The Morgan fingerprint density at radius 3 is 2.95 bits per heavy atom. The van der Waals surface area contributed by atoms with Gasteiger partial charge in [0.15, 0.2) is 5.82 Å². The summed E-state index contributed by atoms with van der Waals surface area (Å²) >= 11 is 1.70. The third-order valence-electron chi connectivity index (χ3n) is 4.11. The number of likely N-dealkylation sites (tertiary alicyclic amines) is 1. The summed E-state index contributed by atoms with van der Waals surface area (Å²) in [5, 5.41) is 1.09. The van der Waals surface area contributed by atoms with Gasteiger partial charge in [0.25, 0.3) is 5.91 Å². The van der Waals surface area contributed by atoms with Gasteiger partial charge < -0.3 is 4.90 Å². The van der Waals surface area contributed by atoms with Crippen LogP contribution >= 0.6 is 11.3 Å². The van der Waals surface area contributed by atoms with E-state index in [1.54, 1.807) is 16.2 Å². The Balaban J connectivity index is 1.78. The fourth-order valence-corrected chi connectivity index (χ4v) is 3.80. The zero-order chi connectivity index (χ0) is 15.7. The summed E-state index contributed by atoms with van der Waals surface area (Å²) in [5.74, 6) is -0.565. The molecule has 2 aromatic rings. The lowest BCUT2D eigenvalue weighted by Gasteiger charge is -2.32. The van der Waals surface area contributed by atoms with Gasteiger partial charge in [0, 0.05) is 30.1 Å². The molecule has 0 unspecified atom stereocenters. The standard InChI is InChI=1S/C16H18FN3OS/c1-10-11(2)22-15(19-10)12-4-3-7-20(9-12)16(21)13-5-6-18-8-14(13)17/h5-6,8,12H,3-4,7,9H2,1-2H3/t12-/m0/s1. The predicted molar refractivity (Wildman–Crippen MR) is 83.7 cm³/mol. The summed E-state index contributed by atoms with van der Waals surface area (Å²) in [6, 6.07) is 1.44. The normalized spacial score (nSPS) is 18.5. The first kappa shape index (κ1) is 15.1. The van der Waals surface area contributed by atoms with Crippen LogP contribution in [0.15, 0.2) is 18.5 Å².